The summed E-state index contributed by atoms with van der Waals surface area (Å²) in [5.41, 5.74) is 1.49. The first-order valence-corrected chi connectivity index (χ1v) is 8.37. The van der Waals surface area contributed by atoms with Gasteiger partial charge in [0.05, 0.1) is 13.0 Å². The maximum atomic E-state index is 11.7. The maximum absolute atomic E-state index is 11.7. The summed E-state index contributed by atoms with van der Waals surface area (Å²) in [5.74, 6) is -0.474. The van der Waals surface area contributed by atoms with Crippen molar-refractivity contribution in [3.05, 3.63) is 54.1 Å². The van der Waals surface area contributed by atoms with Crippen molar-refractivity contribution in [2.24, 2.45) is 0 Å². The van der Waals surface area contributed by atoms with Crippen LogP contribution in [-0.4, -0.2) is 24.8 Å². The molecule has 0 heterocycles. The van der Waals surface area contributed by atoms with Crippen LogP contribution in [0.2, 0.25) is 0 Å². The van der Waals surface area contributed by atoms with Crippen LogP contribution >= 0.6 is 0 Å². The van der Waals surface area contributed by atoms with Crippen molar-refractivity contribution in [3.63, 3.8) is 0 Å². The maximum Gasteiger partial charge on any atom is 0.336 e. The second kappa shape index (κ2) is 11.1. The van der Waals surface area contributed by atoms with Gasteiger partial charge in [0, 0.05) is 11.6 Å². The number of hydrogen-bond donors (Lipinski definition) is 0. The average Bonchev–Trinajstić information content (AvgIpc) is 2.56. The fourth-order valence-electron chi connectivity index (χ4n) is 1.98. The predicted octanol–water partition coefficient (Wildman–Crippen LogP) is 3.97. The van der Waals surface area contributed by atoms with Crippen molar-refractivity contribution >= 4 is 11.9 Å². The number of allylic oxidation sites excluding steroid dienone is 1. The largest absolute Gasteiger partial charge is 0.493 e. The molecule has 0 N–H and O–H groups in total. The Labute approximate surface area is 149 Å². The Bertz CT molecular complexity index is 601. The Morgan fingerprint density at radius 1 is 1.20 bits per heavy atom. The minimum absolute atomic E-state index is 0.221. The summed E-state index contributed by atoms with van der Waals surface area (Å²) in [5, 5.41) is 0. The van der Waals surface area contributed by atoms with Gasteiger partial charge in [-0.1, -0.05) is 38.1 Å². The van der Waals surface area contributed by atoms with E-state index in [2.05, 4.69) is 13.5 Å². The highest BCUT2D eigenvalue weighted by Crippen LogP contribution is 2.14. The van der Waals surface area contributed by atoms with Gasteiger partial charge < -0.3 is 14.2 Å². The van der Waals surface area contributed by atoms with Crippen LogP contribution in [0.5, 0.6) is 5.75 Å². The summed E-state index contributed by atoms with van der Waals surface area (Å²) in [6, 6.07) is 7.82. The molecule has 0 aromatic heterocycles. The Hall–Kier alpha value is -2.56. The van der Waals surface area contributed by atoms with Crippen LogP contribution in [0, 0.1) is 0 Å². The third-order valence-electron chi connectivity index (χ3n) is 3.22. The van der Waals surface area contributed by atoms with Crippen LogP contribution in [0.25, 0.3) is 0 Å². The fraction of sp³-hybridized carbons (Fsp3) is 0.400. The molecule has 25 heavy (non-hydrogen) atoms. The second-order valence-corrected chi connectivity index (χ2v) is 5.58. The first-order chi connectivity index (χ1) is 12.0. The van der Waals surface area contributed by atoms with E-state index in [4.69, 9.17) is 14.2 Å². The van der Waals surface area contributed by atoms with E-state index < -0.39 is 18.2 Å². The number of carbonyl (C=O) groups is 2. The number of esters is 2. The first-order valence-electron chi connectivity index (χ1n) is 8.37. The zero-order chi connectivity index (χ0) is 18.7. The van der Waals surface area contributed by atoms with Gasteiger partial charge in [-0.2, -0.15) is 0 Å². The molecule has 1 unspecified atom stereocenters. The van der Waals surface area contributed by atoms with Gasteiger partial charge in [0.1, 0.15) is 5.75 Å². The molecule has 1 atom stereocenters. The summed E-state index contributed by atoms with van der Waals surface area (Å²) >= 11 is 0. The van der Waals surface area contributed by atoms with Crippen LogP contribution in [0.1, 0.15) is 39.2 Å². The minimum atomic E-state index is -1.02. The zero-order valence-corrected chi connectivity index (χ0v) is 15.1. The number of hydrogen-bond acceptors (Lipinski definition) is 5. The highest BCUT2D eigenvalue weighted by molar-refractivity contribution is 5.87. The third kappa shape index (κ3) is 8.20. The van der Waals surface area contributed by atoms with E-state index in [0.29, 0.717) is 5.75 Å². The Morgan fingerprint density at radius 2 is 1.88 bits per heavy atom. The second-order valence-electron chi connectivity index (χ2n) is 5.58. The molecule has 0 aliphatic carbocycles. The summed E-state index contributed by atoms with van der Waals surface area (Å²) in [4.78, 5) is 23.2. The van der Waals surface area contributed by atoms with Crippen LogP contribution in [0.4, 0.5) is 0 Å². The number of benzene rings is 1. The third-order valence-corrected chi connectivity index (χ3v) is 3.22. The van der Waals surface area contributed by atoms with E-state index in [1.54, 1.807) is 13.0 Å². The molecule has 5 nitrogen and oxygen atoms in total. The van der Waals surface area contributed by atoms with Crippen molar-refractivity contribution in [1.29, 1.82) is 0 Å². The predicted molar refractivity (Wildman–Crippen MR) is 96.1 cm³/mol. The lowest BCUT2D eigenvalue weighted by molar-refractivity contribution is -0.183. The Kier molecular flexibility index (Phi) is 9.07. The summed E-state index contributed by atoms with van der Waals surface area (Å²) in [6.07, 6.45) is 4.13. The zero-order valence-electron chi connectivity index (χ0n) is 15.1. The Balaban J connectivity index is 2.56. The van der Waals surface area contributed by atoms with Crippen LogP contribution in [-0.2, 0) is 25.5 Å². The molecule has 0 aliphatic heterocycles. The quantitative estimate of drug-likeness (QED) is 0.364. The molecule has 0 amide bonds. The van der Waals surface area contributed by atoms with Gasteiger partial charge >= 0.3 is 11.9 Å². The molecule has 0 bridgehead atoms. The van der Waals surface area contributed by atoms with Crippen molar-refractivity contribution in [3.8, 4) is 5.75 Å². The van der Waals surface area contributed by atoms with E-state index in [9.17, 15) is 9.59 Å². The lowest BCUT2D eigenvalue weighted by Crippen LogP contribution is -2.26. The van der Waals surface area contributed by atoms with Gasteiger partial charge in [0.2, 0.25) is 0 Å². The number of rotatable bonds is 10. The normalized spacial score (nSPS) is 11.8. The van der Waals surface area contributed by atoms with Crippen LogP contribution < -0.4 is 4.74 Å². The highest BCUT2D eigenvalue weighted by atomic mass is 16.7. The molecule has 0 saturated heterocycles. The minimum Gasteiger partial charge on any atom is -0.493 e. The number of ether oxygens (including phenoxy) is 3. The molecule has 0 radical (unpaired) electrons. The van der Waals surface area contributed by atoms with Gasteiger partial charge in [-0.25, -0.2) is 9.59 Å². The lowest BCUT2D eigenvalue weighted by atomic mass is 10.1. The van der Waals surface area contributed by atoms with Crippen LogP contribution in [0.3, 0.4) is 0 Å². The molecular formula is C20H26O5. The van der Waals surface area contributed by atoms with Gasteiger partial charge in [0.25, 0.3) is 6.29 Å². The molecular weight excluding hydrogens is 320 g/mol. The monoisotopic (exact) mass is 346 g/mol. The summed E-state index contributed by atoms with van der Waals surface area (Å²) < 4.78 is 15.9. The molecule has 0 spiro atoms. The van der Waals surface area contributed by atoms with Gasteiger partial charge in [-0.15, -0.1) is 0 Å². The van der Waals surface area contributed by atoms with E-state index >= 15 is 0 Å². The average molecular weight is 346 g/mol. The highest BCUT2D eigenvalue weighted by Gasteiger charge is 2.18. The SMILES string of the molecule is C=C(C)C(=O)OC(CCOc1ccc(CCC)cc1)OC(=O)C=CC. The summed E-state index contributed by atoms with van der Waals surface area (Å²) in [6.45, 7) is 9.11. The van der Waals surface area contributed by atoms with Crippen molar-refractivity contribution in [2.75, 3.05) is 6.61 Å². The molecule has 136 valence electrons. The molecule has 0 aliphatic rings. The van der Waals surface area contributed by atoms with Crippen LogP contribution in [0.15, 0.2) is 48.6 Å². The van der Waals surface area contributed by atoms with E-state index in [-0.39, 0.29) is 18.6 Å². The molecule has 1 rings (SSSR count). The molecule has 1 aromatic carbocycles. The smallest absolute Gasteiger partial charge is 0.336 e. The van der Waals surface area contributed by atoms with Gasteiger partial charge in [0.15, 0.2) is 0 Å². The topological polar surface area (TPSA) is 61.8 Å². The van der Waals surface area contributed by atoms with Crippen molar-refractivity contribution < 1.29 is 23.8 Å². The van der Waals surface area contributed by atoms with Gasteiger partial charge in [-0.3, -0.25) is 0 Å². The van der Waals surface area contributed by atoms with E-state index in [1.807, 2.05) is 24.3 Å². The molecule has 1 aromatic rings. The molecule has 0 fully saturated rings. The molecule has 0 saturated carbocycles. The number of carbonyl (C=O) groups excluding carboxylic acids is 2. The first kappa shape index (κ1) is 20.5. The molecule has 5 heteroatoms. The van der Waals surface area contributed by atoms with E-state index in [1.165, 1.54) is 18.6 Å². The number of aryl methyl sites for hydroxylation is 1. The lowest BCUT2D eigenvalue weighted by Gasteiger charge is -2.18. The Morgan fingerprint density at radius 3 is 2.44 bits per heavy atom. The van der Waals surface area contributed by atoms with Gasteiger partial charge in [-0.05, 0) is 38.0 Å². The fourth-order valence-corrected chi connectivity index (χ4v) is 1.98. The van der Waals surface area contributed by atoms with Crippen molar-refractivity contribution in [2.45, 2.75) is 46.3 Å². The van der Waals surface area contributed by atoms with E-state index in [0.717, 1.165) is 12.8 Å². The van der Waals surface area contributed by atoms with Crippen molar-refractivity contribution in [1.82, 2.24) is 0 Å². The summed E-state index contributed by atoms with van der Waals surface area (Å²) in [7, 11) is 0. The standard InChI is InChI=1S/C20H26O5/c1-5-7-16-9-11-17(12-10-16)23-14-13-19(24-18(21)8-6-2)25-20(22)15(3)4/h6,8-12,19H,3,5,7,13-14H2,1-2,4H3.